The number of rotatable bonds is 6. The summed E-state index contributed by atoms with van der Waals surface area (Å²) in [6, 6.07) is 15.1. The Morgan fingerprint density at radius 3 is 2.56 bits per heavy atom. The Bertz CT molecular complexity index is 1250. The summed E-state index contributed by atoms with van der Waals surface area (Å²) < 4.78 is 54.6. The highest BCUT2D eigenvalue weighted by Gasteiger charge is 2.32. The first kappa shape index (κ1) is 21.6. The van der Waals surface area contributed by atoms with Crippen LogP contribution in [0.15, 0.2) is 82.8 Å². The van der Waals surface area contributed by atoms with Crippen LogP contribution in [0.2, 0.25) is 0 Å². The van der Waals surface area contributed by atoms with E-state index >= 15 is 0 Å². The highest BCUT2D eigenvalue weighted by molar-refractivity contribution is 7.85. The number of amides is 1. The number of pyridine rings is 1. The molecule has 0 aliphatic rings. The minimum atomic E-state index is -4.89. The van der Waals surface area contributed by atoms with Crippen LogP contribution >= 0.6 is 0 Å². The summed E-state index contributed by atoms with van der Waals surface area (Å²) in [4.78, 5) is 19.6. The number of nitrogens with zero attached hydrogens (tertiary/aromatic N) is 1. The van der Waals surface area contributed by atoms with E-state index in [1.807, 2.05) is 0 Å². The van der Waals surface area contributed by atoms with Crippen molar-refractivity contribution in [2.45, 2.75) is 22.7 Å². The molecule has 6 nitrogen and oxygen atoms in total. The van der Waals surface area contributed by atoms with E-state index in [1.165, 1.54) is 30.3 Å². The van der Waals surface area contributed by atoms with Crippen LogP contribution in [-0.4, -0.2) is 26.4 Å². The minimum absolute atomic E-state index is 0.0841. The van der Waals surface area contributed by atoms with Gasteiger partial charge in [0.1, 0.15) is 11.4 Å². The van der Waals surface area contributed by atoms with E-state index in [9.17, 15) is 22.2 Å². The number of nitrogens with one attached hydrogen (secondary N) is 2. The van der Waals surface area contributed by atoms with Crippen LogP contribution in [-0.2, 0) is 17.3 Å². The first-order chi connectivity index (χ1) is 15.3. The Balaban J connectivity index is 1.43. The van der Waals surface area contributed by atoms with Gasteiger partial charge in [0.25, 0.3) is 5.91 Å². The topological polar surface area (TPSA) is 84.1 Å². The molecule has 2 heterocycles. The first-order valence-electron chi connectivity index (χ1n) is 9.36. The molecule has 10 heteroatoms. The largest absolute Gasteiger partial charge is 0.573 e. The van der Waals surface area contributed by atoms with E-state index in [1.54, 1.807) is 36.7 Å². The molecule has 0 bridgehead atoms. The monoisotopic (exact) mass is 459 g/mol. The normalized spacial score (nSPS) is 12.5. The second-order valence-corrected chi connectivity index (χ2v) is 8.18. The van der Waals surface area contributed by atoms with Gasteiger partial charge in [-0.2, -0.15) is 0 Å². The van der Waals surface area contributed by atoms with Crippen molar-refractivity contribution in [3.05, 3.63) is 84.3 Å². The molecular weight excluding hydrogens is 443 g/mol. The van der Waals surface area contributed by atoms with Crippen molar-refractivity contribution >= 4 is 27.6 Å². The highest BCUT2D eigenvalue weighted by Crippen LogP contribution is 2.30. The van der Waals surface area contributed by atoms with Gasteiger partial charge in [-0.05, 0) is 42.0 Å². The Morgan fingerprint density at radius 2 is 1.84 bits per heavy atom. The second-order valence-electron chi connectivity index (χ2n) is 6.74. The van der Waals surface area contributed by atoms with Gasteiger partial charge in [0.05, 0.1) is 15.7 Å². The number of hydrogen-bond donors (Lipinski definition) is 2. The Kier molecular flexibility index (Phi) is 5.95. The van der Waals surface area contributed by atoms with Gasteiger partial charge in [-0.1, -0.05) is 24.3 Å². The number of hydrogen-bond acceptors (Lipinski definition) is 4. The van der Waals surface area contributed by atoms with Crippen molar-refractivity contribution in [3.63, 3.8) is 0 Å². The van der Waals surface area contributed by atoms with E-state index in [4.69, 9.17) is 0 Å². The molecule has 2 aromatic carbocycles. The van der Waals surface area contributed by atoms with Gasteiger partial charge in [0, 0.05) is 34.7 Å². The minimum Gasteiger partial charge on any atom is -0.404 e. The molecule has 1 atom stereocenters. The van der Waals surface area contributed by atoms with Crippen molar-refractivity contribution in [1.29, 1.82) is 0 Å². The molecule has 4 rings (SSSR count). The summed E-state index contributed by atoms with van der Waals surface area (Å²) in [5, 5.41) is 3.60. The molecule has 0 fully saturated rings. The molecule has 164 valence electrons. The number of alkyl halides is 3. The van der Waals surface area contributed by atoms with Crippen molar-refractivity contribution in [1.82, 2.24) is 15.3 Å². The first-order valence-corrected chi connectivity index (χ1v) is 10.5. The third-order valence-corrected chi connectivity index (χ3v) is 5.97. The lowest BCUT2D eigenvalue weighted by Gasteiger charge is -2.13. The Labute approximate surface area is 182 Å². The van der Waals surface area contributed by atoms with Gasteiger partial charge in [0.15, 0.2) is 0 Å². The quantitative estimate of drug-likeness (QED) is 0.443. The Morgan fingerprint density at radius 1 is 1.09 bits per heavy atom. The van der Waals surface area contributed by atoms with Gasteiger partial charge in [0.2, 0.25) is 0 Å². The van der Waals surface area contributed by atoms with E-state index < -0.39 is 22.9 Å². The number of aromatic amines is 1. The third kappa shape index (κ3) is 4.97. The maximum Gasteiger partial charge on any atom is 0.573 e. The summed E-state index contributed by atoms with van der Waals surface area (Å²) in [6.45, 7) is 0.215. The lowest BCUT2D eigenvalue weighted by atomic mass is 10.2. The third-order valence-electron chi connectivity index (χ3n) is 4.53. The molecule has 1 unspecified atom stereocenters. The molecule has 0 saturated heterocycles. The van der Waals surface area contributed by atoms with Crippen LogP contribution in [0.4, 0.5) is 13.2 Å². The molecule has 0 aliphatic carbocycles. The molecule has 0 saturated carbocycles. The zero-order valence-corrected chi connectivity index (χ0v) is 17.2. The van der Waals surface area contributed by atoms with E-state index in [2.05, 4.69) is 20.0 Å². The van der Waals surface area contributed by atoms with E-state index in [-0.39, 0.29) is 17.3 Å². The standard InChI is InChI=1S/C22H16F3N3O3S/c23-22(24,25)31-19-3-1-2-4-20(19)32(30)16-7-5-14(6-8-16)12-27-21(29)18-11-15-13-26-10-9-17(15)28-18/h1-11,13,28H,12H2,(H,27,29). The van der Waals surface area contributed by atoms with Crippen LogP contribution in [0, 0.1) is 0 Å². The maximum atomic E-state index is 12.8. The van der Waals surface area contributed by atoms with Gasteiger partial charge in [-0.25, -0.2) is 4.21 Å². The predicted molar refractivity (Wildman–Crippen MR) is 112 cm³/mol. The summed E-state index contributed by atoms with van der Waals surface area (Å²) in [7, 11) is -1.88. The highest BCUT2D eigenvalue weighted by atomic mass is 32.2. The van der Waals surface area contributed by atoms with Gasteiger partial charge < -0.3 is 15.0 Å². The smallest absolute Gasteiger partial charge is 0.404 e. The Hall–Kier alpha value is -3.66. The SMILES string of the molecule is O=C(NCc1ccc(S(=O)c2ccccc2OC(F)(F)F)cc1)c1cc2cnccc2[nH]1. The molecule has 1 amide bonds. The number of carbonyl (C=O) groups is 1. The number of benzene rings is 2. The molecule has 32 heavy (non-hydrogen) atoms. The average molecular weight is 459 g/mol. The maximum absolute atomic E-state index is 12.8. The number of ether oxygens (including phenoxy) is 1. The van der Waals surface area contributed by atoms with Crippen LogP contribution < -0.4 is 10.1 Å². The molecule has 2 N–H and O–H groups in total. The zero-order chi connectivity index (χ0) is 22.7. The lowest BCUT2D eigenvalue weighted by molar-refractivity contribution is -0.275. The number of para-hydroxylation sites is 1. The van der Waals surface area contributed by atoms with E-state index in [0.717, 1.165) is 22.5 Å². The zero-order valence-electron chi connectivity index (χ0n) is 16.3. The number of aromatic nitrogens is 2. The van der Waals surface area contributed by atoms with Gasteiger partial charge in [-0.15, -0.1) is 13.2 Å². The van der Waals surface area contributed by atoms with Crippen molar-refractivity contribution in [3.8, 4) is 5.75 Å². The van der Waals surface area contributed by atoms with Crippen LogP contribution in [0.5, 0.6) is 5.75 Å². The fourth-order valence-corrected chi connectivity index (χ4v) is 4.17. The molecule has 0 spiro atoms. The number of carbonyl (C=O) groups excluding carboxylic acids is 1. The fourth-order valence-electron chi connectivity index (χ4n) is 3.04. The average Bonchev–Trinajstić information content (AvgIpc) is 3.21. The van der Waals surface area contributed by atoms with Crippen LogP contribution in [0.25, 0.3) is 10.9 Å². The van der Waals surface area contributed by atoms with Gasteiger partial charge >= 0.3 is 6.36 Å². The van der Waals surface area contributed by atoms with Crippen molar-refractivity contribution in [2.75, 3.05) is 0 Å². The molecule has 0 radical (unpaired) electrons. The summed E-state index contributed by atoms with van der Waals surface area (Å²) in [5.41, 5.74) is 1.93. The van der Waals surface area contributed by atoms with Crippen molar-refractivity contribution in [2.24, 2.45) is 0 Å². The van der Waals surface area contributed by atoms with Crippen LogP contribution in [0.3, 0.4) is 0 Å². The van der Waals surface area contributed by atoms with Gasteiger partial charge in [-0.3, -0.25) is 9.78 Å². The van der Waals surface area contributed by atoms with Crippen molar-refractivity contribution < 1.29 is 26.9 Å². The number of fused-ring (bicyclic) bond motifs is 1. The predicted octanol–water partition coefficient (Wildman–Crippen LogP) is 4.56. The number of halogens is 3. The molecule has 4 aromatic rings. The molecule has 2 aromatic heterocycles. The molecule has 0 aliphatic heterocycles. The second kappa shape index (κ2) is 8.83. The van der Waals surface area contributed by atoms with E-state index in [0.29, 0.717) is 10.6 Å². The summed E-state index contributed by atoms with van der Waals surface area (Å²) in [6.07, 6.45) is -1.61. The molecular formula is C22H16F3N3O3S. The fraction of sp³-hybridized carbons (Fsp3) is 0.0909. The summed E-state index contributed by atoms with van der Waals surface area (Å²) in [5.74, 6) is -0.810. The number of H-pyrrole nitrogens is 1. The summed E-state index contributed by atoms with van der Waals surface area (Å²) >= 11 is 0. The van der Waals surface area contributed by atoms with Crippen LogP contribution in [0.1, 0.15) is 16.1 Å². The lowest BCUT2D eigenvalue weighted by Crippen LogP contribution is -2.23.